The van der Waals surface area contributed by atoms with Crippen molar-refractivity contribution in [1.82, 2.24) is 9.62 Å². The Balaban J connectivity index is 1.38. The number of hydrogen-bond acceptors (Lipinski definition) is 5. The van der Waals surface area contributed by atoms with E-state index in [4.69, 9.17) is 21.1 Å². The highest BCUT2D eigenvalue weighted by atomic mass is 35.5. The maximum absolute atomic E-state index is 13.2. The quantitative estimate of drug-likeness (QED) is 0.706. The van der Waals surface area contributed by atoms with Crippen LogP contribution < -0.4 is 14.8 Å². The van der Waals surface area contributed by atoms with E-state index in [-0.39, 0.29) is 35.9 Å². The van der Waals surface area contributed by atoms with Gasteiger partial charge in [-0.2, -0.15) is 4.31 Å². The molecular weight excluding hydrogens is 452 g/mol. The van der Waals surface area contributed by atoms with Gasteiger partial charge < -0.3 is 14.8 Å². The van der Waals surface area contributed by atoms with Crippen LogP contribution in [0.25, 0.3) is 0 Å². The van der Waals surface area contributed by atoms with Crippen molar-refractivity contribution in [2.75, 3.05) is 26.3 Å². The Morgan fingerprint density at radius 1 is 1.09 bits per heavy atom. The van der Waals surface area contributed by atoms with Gasteiger partial charge in [0.1, 0.15) is 0 Å². The first-order valence-corrected chi connectivity index (χ1v) is 12.6. The minimum Gasteiger partial charge on any atom is -0.490 e. The summed E-state index contributed by atoms with van der Waals surface area (Å²) >= 11 is 6.23. The van der Waals surface area contributed by atoms with E-state index in [1.807, 2.05) is 25.1 Å². The molecule has 0 radical (unpaired) electrons. The van der Waals surface area contributed by atoms with Crippen LogP contribution in [0.1, 0.15) is 37.8 Å². The second kappa shape index (κ2) is 9.68. The molecule has 7 nitrogen and oxygen atoms in total. The first kappa shape index (κ1) is 22.9. The van der Waals surface area contributed by atoms with Crippen LogP contribution in [-0.2, 0) is 14.8 Å². The van der Waals surface area contributed by atoms with Crippen molar-refractivity contribution >= 4 is 27.5 Å². The van der Waals surface area contributed by atoms with Crippen molar-refractivity contribution in [2.45, 2.75) is 37.1 Å². The number of nitrogens with zero attached hydrogens (tertiary/aromatic N) is 1. The average Bonchev–Trinajstić information content (AvgIpc) is 3.04. The molecule has 1 atom stereocenters. The van der Waals surface area contributed by atoms with E-state index in [9.17, 15) is 13.2 Å². The number of halogens is 1. The number of ether oxygens (including phenoxy) is 2. The van der Waals surface area contributed by atoms with Crippen LogP contribution in [0.4, 0.5) is 0 Å². The zero-order valence-electron chi connectivity index (χ0n) is 17.9. The lowest BCUT2D eigenvalue weighted by atomic mass is 9.96. The molecule has 1 amide bonds. The van der Waals surface area contributed by atoms with Gasteiger partial charge in [0.2, 0.25) is 15.9 Å². The molecule has 9 heteroatoms. The van der Waals surface area contributed by atoms with Gasteiger partial charge in [-0.3, -0.25) is 4.79 Å². The molecule has 2 aliphatic heterocycles. The third kappa shape index (κ3) is 4.87. The third-order valence-corrected chi connectivity index (χ3v) is 8.15. The Bertz CT molecular complexity index is 1080. The number of rotatable bonds is 5. The van der Waals surface area contributed by atoms with Gasteiger partial charge in [0.05, 0.1) is 24.2 Å². The molecule has 1 fully saturated rings. The molecule has 2 heterocycles. The Kier molecular flexibility index (Phi) is 6.93. The van der Waals surface area contributed by atoms with E-state index in [1.165, 1.54) is 10.4 Å². The van der Waals surface area contributed by atoms with E-state index in [2.05, 4.69) is 5.32 Å². The molecule has 1 saturated heterocycles. The fraction of sp³-hybridized carbons (Fsp3) is 0.435. The van der Waals surface area contributed by atoms with Crippen molar-refractivity contribution in [2.24, 2.45) is 5.92 Å². The number of amides is 1. The maximum Gasteiger partial charge on any atom is 0.243 e. The predicted molar refractivity (Wildman–Crippen MR) is 122 cm³/mol. The van der Waals surface area contributed by atoms with Crippen molar-refractivity contribution in [3.05, 3.63) is 53.1 Å². The minimum absolute atomic E-state index is 0.0787. The smallest absolute Gasteiger partial charge is 0.243 e. The number of carbonyl (C=O) groups excluding carboxylic acids is 1. The second-order valence-corrected chi connectivity index (χ2v) is 10.4. The molecule has 0 spiro atoms. The Labute approximate surface area is 193 Å². The second-order valence-electron chi connectivity index (χ2n) is 8.09. The van der Waals surface area contributed by atoms with Gasteiger partial charge in [0.15, 0.2) is 11.5 Å². The molecule has 32 heavy (non-hydrogen) atoms. The number of sulfonamides is 1. The summed E-state index contributed by atoms with van der Waals surface area (Å²) < 4.78 is 39.0. The van der Waals surface area contributed by atoms with Crippen LogP contribution in [-0.4, -0.2) is 44.9 Å². The molecule has 4 rings (SSSR count). The van der Waals surface area contributed by atoms with Crippen LogP contribution in [0, 0.1) is 5.92 Å². The van der Waals surface area contributed by atoms with Gasteiger partial charge in [-0.15, -0.1) is 0 Å². The van der Waals surface area contributed by atoms with Crippen LogP contribution in [0.5, 0.6) is 11.5 Å². The SMILES string of the molecule is C[C@@H](NC(=O)C1CCN(S(=O)(=O)c2ccc3c(c2)OCCCO3)CC1)c1ccccc1Cl. The van der Waals surface area contributed by atoms with E-state index in [0.717, 1.165) is 12.0 Å². The molecule has 0 aromatic heterocycles. The van der Waals surface area contributed by atoms with E-state index in [0.29, 0.717) is 42.6 Å². The van der Waals surface area contributed by atoms with Gasteiger partial charge in [-0.1, -0.05) is 29.8 Å². The molecule has 2 aromatic carbocycles. The molecule has 1 N–H and O–H groups in total. The van der Waals surface area contributed by atoms with Crippen molar-refractivity contribution in [1.29, 1.82) is 0 Å². The average molecular weight is 479 g/mol. The van der Waals surface area contributed by atoms with Gasteiger partial charge >= 0.3 is 0 Å². The van der Waals surface area contributed by atoms with E-state index >= 15 is 0 Å². The first-order valence-electron chi connectivity index (χ1n) is 10.8. The molecular formula is C23H27ClN2O5S. The highest BCUT2D eigenvalue weighted by Gasteiger charge is 2.33. The van der Waals surface area contributed by atoms with Gasteiger partial charge in [-0.25, -0.2) is 8.42 Å². The highest BCUT2D eigenvalue weighted by molar-refractivity contribution is 7.89. The van der Waals surface area contributed by atoms with Crippen LogP contribution in [0.15, 0.2) is 47.4 Å². The summed E-state index contributed by atoms with van der Waals surface area (Å²) in [5, 5.41) is 3.62. The van der Waals surface area contributed by atoms with Crippen molar-refractivity contribution < 1.29 is 22.7 Å². The lowest BCUT2D eigenvalue weighted by molar-refractivity contribution is -0.126. The van der Waals surface area contributed by atoms with Crippen LogP contribution >= 0.6 is 11.6 Å². The Hall–Kier alpha value is -2.29. The molecule has 2 aliphatic rings. The number of fused-ring (bicyclic) bond motifs is 1. The van der Waals surface area contributed by atoms with E-state index in [1.54, 1.807) is 18.2 Å². The summed E-state index contributed by atoms with van der Waals surface area (Å²) in [6, 6.07) is 11.9. The van der Waals surface area contributed by atoms with Gasteiger partial charge in [-0.05, 0) is 43.5 Å². The summed E-state index contributed by atoms with van der Waals surface area (Å²) in [6.07, 6.45) is 1.68. The predicted octanol–water partition coefficient (Wildman–Crippen LogP) is 3.78. The van der Waals surface area contributed by atoms with Gasteiger partial charge in [0.25, 0.3) is 0 Å². The summed E-state index contributed by atoms with van der Waals surface area (Å²) in [4.78, 5) is 12.9. The Morgan fingerprint density at radius 2 is 1.78 bits per heavy atom. The maximum atomic E-state index is 13.2. The number of nitrogens with one attached hydrogen (secondary N) is 1. The van der Waals surface area contributed by atoms with Crippen LogP contribution in [0.3, 0.4) is 0 Å². The summed E-state index contributed by atoms with van der Waals surface area (Å²) in [7, 11) is -3.68. The zero-order chi connectivity index (χ0) is 22.7. The highest BCUT2D eigenvalue weighted by Crippen LogP contribution is 2.34. The van der Waals surface area contributed by atoms with Crippen molar-refractivity contribution in [3.8, 4) is 11.5 Å². The van der Waals surface area contributed by atoms with Gasteiger partial charge in [0, 0.05) is 36.5 Å². The normalized spacial score (nSPS) is 18.6. The third-order valence-electron chi connectivity index (χ3n) is 5.91. The largest absolute Gasteiger partial charge is 0.490 e. The topological polar surface area (TPSA) is 84.9 Å². The zero-order valence-corrected chi connectivity index (χ0v) is 19.5. The number of hydrogen-bond donors (Lipinski definition) is 1. The lowest BCUT2D eigenvalue weighted by Crippen LogP contribution is -2.43. The molecule has 0 saturated carbocycles. The summed E-state index contributed by atoms with van der Waals surface area (Å²) in [5.74, 6) is 0.691. The standard InChI is InChI=1S/C23H27ClN2O5S/c1-16(19-5-2-3-6-20(19)24)25-23(27)17-9-11-26(12-10-17)32(28,29)18-7-8-21-22(15-18)31-14-4-13-30-21/h2-3,5-8,15-17H,4,9-14H2,1H3,(H,25,27)/t16-/m1/s1. The number of piperidine rings is 1. The lowest BCUT2D eigenvalue weighted by Gasteiger charge is -2.31. The molecule has 0 bridgehead atoms. The molecule has 0 aliphatic carbocycles. The number of carbonyl (C=O) groups is 1. The summed E-state index contributed by atoms with van der Waals surface area (Å²) in [6.45, 7) is 3.50. The Morgan fingerprint density at radius 3 is 2.50 bits per heavy atom. The number of benzene rings is 2. The van der Waals surface area contributed by atoms with E-state index < -0.39 is 10.0 Å². The molecule has 172 valence electrons. The summed E-state index contributed by atoms with van der Waals surface area (Å²) in [5.41, 5.74) is 0.858. The minimum atomic E-state index is -3.68. The monoisotopic (exact) mass is 478 g/mol. The van der Waals surface area contributed by atoms with Crippen LogP contribution in [0.2, 0.25) is 5.02 Å². The molecule has 0 unspecified atom stereocenters. The fourth-order valence-corrected chi connectivity index (χ4v) is 5.83. The first-order chi connectivity index (χ1) is 15.4. The molecule has 2 aromatic rings. The fourth-order valence-electron chi connectivity index (χ4n) is 4.05. The van der Waals surface area contributed by atoms with Crippen molar-refractivity contribution in [3.63, 3.8) is 0 Å².